The first-order chi connectivity index (χ1) is 13.5. The standard InChI is InChI=1S/C21H26BrNO5S/c1-21(2,3)15-4-6-17(7-5-15)27-13-20(24)23(12-18-8-9-19(22)28-18)16-10-11-29(25,26)14-16/h4-9,16H,10-14H2,1-3H3/t16-/m0/s1. The minimum atomic E-state index is -3.12. The highest BCUT2D eigenvalue weighted by atomic mass is 79.9. The van der Waals surface area contributed by atoms with Crippen LogP contribution in [0.25, 0.3) is 0 Å². The van der Waals surface area contributed by atoms with Gasteiger partial charge in [0.15, 0.2) is 21.1 Å². The average Bonchev–Trinajstić information content (AvgIpc) is 3.22. The molecule has 1 aliphatic rings. The molecule has 29 heavy (non-hydrogen) atoms. The fraction of sp³-hybridized carbons (Fsp3) is 0.476. The largest absolute Gasteiger partial charge is 0.484 e. The lowest BCUT2D eigenvalue weighted by molar-refractivity contribution is -0.136. The van der Waals surface area contributed by atoms with Crippen molar-refractivity contribution in [3.8, 4) is 5.75 Å². The summed E-state index contributed by atoms with van der Waals surface area (Å²) in [4.78, 5) is 14.5. The van der Waals surface area contributed by atoms with E-state index in [1.54, 1.807) is 17.0 Å². The van der Waals surface area contributed by atoms with E-state index in [0.29, 0.717) is 22.6 Å². The Morgan fingerprint density at radius 1 is 1.21 bits per heavy atom. The Hall–Kier alpha value is -1.80. The van der Waals surface area contributed by atoms with E-state index >= 15 is 0 Å². The molecular weight excluding hydrogens is 458 g/mol. The molecule has 0 unspecified atom stereocenters. The maximum absolute atomic E-state index is 12.9. The summed E-state index contributed by atoms with van der Waals surface area (Å²) in [5.41, 5.74) is 1.22. The number of ether oxygens (including phenoxy) is 1. The van der Waals surface area contributed by atoms with Crippen molar-refractivity contribution in [2.75, 3.05) is 18.1 Å². The van der Waals surface area contributed by atoms with Crippen molar-refractivity contribution >= 4 is 31.7 Å². The molecule has 3 rings (SSSR count). The van der Waals surface area contributed by atoms with E-state index in [9.17, 15) is 13.2 Å². The second kappa shape index (κ2) is 8.52. The lowest BCUT2D eigenvalue weighted by atomic mass is 9.87. The zero-order valence-corrected chi connectivity index (χ0v) is 19.3. The molecule has 1 atom stereocenters. The topological polar surface area (TPSA) is 76.8 Å². The molecule has 6 nitrogen and oxygen atoms in total. The van der Waals surface area contributed by atoms with Crippen LogP contribution in [0.3, 0.4) is 0 Å². The van der Waals surface area contributed by atoms with Crippen molar-refractivity contribution in [3.05, 3.63) is 52.4 Å². The number of hydrogen-bond acceptors (Lipinski definition) is 5. The number of carbonyl (C=O) groups is 1. The van der Waals surface area contributed by atoms with E-state index in [4.69, 9.17) is 9.15 Å². The molecule has 8 heteroatoms. The lowest BCUT2D eigenvalue weighted by Gasteiger charge is -2.27. The normalized spacial score (nSPS) is 18.6. The van der Waals surface area contributed by atoms with E-state index < -0.39 is 9.84 Å². The highest BCUT2D eigenvalue weighted by molar-refractivity contribution is 9.10. The summed E-state index contributed by atoms with van der Waals surface area (Å²) >= 11 is 3.25. The molecular formula is C21H26BrNO5S. The molecule has 0 aliphatic carbocycles. The van der Waals surface area contributed by atoms with Crippen LogP contribution in [0.4, 0.5) is 0 Å². The molecule has 158 valence electrons. The van der Waals surface area contributed by atoms with Crippen LogP contribution < -0.4 is 4.74 Å². The maximum Gasteiger partial charge on any atom is 0.261 e. The number of benzene rings is 1. The molecule has 1 saturated heterocycles. The first-order valence-corrected chi connectivity index (χ1v) is 12.1. The van der Waals surface area contributed by atoms with E-state index in [1.807, 2.05) is 24.3 Å². The Kier molecular flexibility index (Phi) is 6.43. The number of hydrogen-bond donors (Lipinski definition) is 0. The van der Waals surface area contributed by atoms with E-state index in [1.165, 1.54) is 5.56 Å². The first-order valence-electron chi connectivity index (χ1n) is 9.51. The summed E-state index contributed by atoms with van der Waals surface area (Å²) in [6.45, 7) is 6.44. The van der Waals surface area contributed by atoms with Gasteiger partial charge in [0.1, 0.15) is 11.5 Å². The Labute approximate surface area is 180 Å². The number of amides is 1. The van der Waals surface area contributed by atoms with Crippen LogP contribution >= 0.6 is 15.9 Å². The zero-order valence-electron chi connectivity index (χ0n) is 16.9. The maximum atomic E-state index is 12.9. The SMILES string of the molecule is CC(C)(C)c1ccc(OCC(=O)N(Cc2ccc(Br)o2)[C@H]2CCS(=O)(=O)C2)cc1. The van der Waals surface area contributed by atoms with Gasteiger partial charge in [-0.05, 0) is 57.6 Å². The van der Waals surface area contributed by atoms with Crippen molar-refractivity contribution in [1.29, 1.82) is 0 Å². The number of furan rings is 1. The van der Waals surface area contributed by atoms with Crippen LogP contribution in [0.5, 0.6) is 5.75 Å². The van der Waals surface area contributed by atoms with Crippen molar-refractivity contribution in [2.45, 2.75) is 45.2 Å². The van der Waals surface area contributed by atoms with Crippen molar-refractivity contribution in [3.63, 3.8) is 0 Å². The number of carbonyl (C=O) groups excluding carboxylic acids is 1. The number of halogens is 1. The molecule has 2 heterocycles. The van der Waals surface area contributed by atoms with E-state index in [2.05, 4.69) is 36.7 Å². The van der Waals surface area contributed by atoms with Crippen molar-refractivity contribution in [1.82, 2.24) is 4.90 Å². The molecule has 0 bridgehead atoms. The van der Waals surface area contributed by atoms with Gasteiger partial charge in [0.25, 0.3) is 5.91 Å². The van der Waals surface area contributed by atoms with Gasteiger partial charge < -0.3 is 14.1 Å². The summed E-state index contributed by atoms with van der Waals surface area (Å²) in [5, 5.41) is 0. The highest BCUT2D eigenvalue weighted by Gasteiger charge is 2.35. The fourth-order valence-corrected chi connectivity index (χ4v) is 5.40. The van der Waals surface area contributed by atoms with Gasteiger partial charge in [-0.1, -0.05) is 32.9 Å². The van der Waals surface area contributed by atoms with Crippen LogP contribution in [-0.4, -0.2) is 43.4 Å². The number of nitrogens with zero attached hydrogens (tertiary/aromatic N) is 1. The van der Waals surface area contributed by atoms with Gasteiger partial charge in [-0.3, -0.25) is 4.79 Å². The van der Waals surface area contributed by atoms with Crippen LogP contribution in [0.15, 0.2) is 45.5 Å². The molecule has 0 saturated carbocycles. The number of rotatable bonds is 6. The predicted octanol–water partition coefficient (Wildman–Crippen LogP) is 3.93. The average molecular weight is 484 g/mol. The minimum Gasteiger partial charge on any atom is -0.484 e. The fourth-order valence-electron chi connectivity index (χ4n) is 3.33. The molecule has 1 aliphatic heterocycles. The van der Waals surface area contributed by atoms with Crippen LogP contribution in [0.2, 0.25) is 0 Å². The zero-order chi connectivity index (χ0) is 21.2. The Morgan fingerprint density at radius 3 is 2.41 bits per heavy atom. The lowest BCUT2D eigenvalue weighted by Crippen LogP contribution is -2.43. The van der Waals surface area contributed by atoms with Gasteiger partial charge in [0.2, 0.25) is 0 Å². The molecule has 0 radical (unpaired) electrons. The van der Waals surface area contributed by atoms with Gasteiger partial charge in [-0.2, -0.15) is 0 Å². The van der Waals surface area contributed by atoms with Crippen LogP contribution in [0.1, 0.15) is 38.5 Å². The first kappa shape index (κ1) is 21.9. The Bertz CT molecular complexity index is 960. The predicted molar refractivity (Wildman–Crippen MR) is 115 cm³/mol. The van der Waals surface area contributed by atoms with Gasteiger partial charge in [-0.15, -0.1) is 0 Å². The third-order valence-electron chi connectivity index (χ3n) is 5.01. The van der Waals surface area contributed by atoms with E-state index in [-0.39, 0.29) is 42.0 Å². The summed E-state index contributed by atoms with van der Waals surface area (Å²) in [6.07, 6.45) is 0.427. The van der Waals surface area contributed by atoms with Gasteiger partial charge in [-0.25, -0.2) is 8.42 Å². The quantitative estimate of drug-likeness (QED) is 0.621. The van der Waals surface area contributed by atoms with Gasteiger partial charge in [0.05, 0.1) is 18.1 Å². The van der Waals surface area contributed by atoms with Crippen molar-refractivity contribution < 1.29 is 22.4 Å². The second-order valence-electron chi connectivity index (χ2n) is 8.35. The third-order valence-corrected chi connectivity index (χ3v) is 7.18. The molecule has 2 aromatic rings. The molecule has 0 N–H and O–H groups in total. The second-order valence-corrected chi connectivity index (χ2v) is 11.4. The summed E-state index contributed by atoms with van der Waals surface area (Å²) in [6, 6.07) is 10.8. The molecule has 1 aromatic carbocycles. The molecule has 1 fully saturated rings. The molecule has 0 spiro atoms. The monoisotopic (exact) mass is 483 g/mol. The van der Waals surface area contributed by atoms with Gasteiger partial charge >= 0.3 is 0 Å². The van der Waals surface area contributed by atoms with Crippen LogP contribution in [0, 0.1) is 0 Å². The van der Waals surface area contributed by atoms with Crippen LogP contribution in [-0.2, 0) is 26.6 Å². The Balaban J connectivity index is 1.69. The smallest absolute Gasteiger partial charge is 0.261 e. The summed E-state index contributed by atoms with van der Waals surface area (Å²) in [7, 11) is -3.12. The Morgan fingerprint density at radius 2 is 1.90 bits per heavy atom. The highest BCUT2D eigenvalue weighted by Crippen LogP contribution is 2.25. The minimum absolute atomic E-state index is 0.0269. The van der Waals surface area contributed by atoms with E-state index in [0.717, 1.165) is 0 Å². The summed E-state index contributed by atoms with van der Waals surface area (Å²) in [5.74, 6) is 0.994. The summed E-state index contributed by atoms with van der Waals surface area (Å²) < 4.78 is 35.6. The number of sulfone groups is 1. The van der Waals surface area contributed by atoms with Gasteiger partial charge in [0, 0.05) is 6.04 Å². The molecule has 1 aromatic heterocycles. The third kappa shape index (κ3) is 5.85. The molecule has 1 amide bonds. The van der Waals surface area contributed by atoms with Crippen molar-refractivity contribution in [2.24, 2.45) is 0 Å².